The first-order valence-corrected chi connectivity index (χ1v) is 7.59. The Morgan fingerprint density at radius 1 is 1.26 bits per heavy atom. The summed E-state index contributed by atoms with van der Waals surface area (Å²) in [6.07, 6.45) is 1.62. The summed E-state index contributed by atoms with van der Waals surface area (Å²) in [7, 11) is 0. The molecule has 2 N–H and O–H groups in total. The summed E-state index contributed by atoms with van der Waals surface area (Å²) in [5, 5.41) is 25.0. The van der Waals surface area contributed by atoms with Crippen molar-refractivity contribution in [1.82, 2.24) is 25.2 Å². The van der Waals surface area contributed by atoms with E-state index in [4.69, 9.17) is 23.2 Å². The molecule has 0 aliphatic heterocycles. The monoisotopic (exact) mass is 368 g/mol. The molecule has 23 heavy (non-hydrogen) atoms. The second-order valence-electron chi connectivity index (χ2n) is 4.54. The number of halogens is 2. The van der Waals surface area contributed by atoms with Gasteiger partial charge in [0.25, 0.3) is 0 Å². The minimum Gasteiger partial charge on any atom is -0.506 e. The summed E-state index contributed by atoms with van der Waals surface area (Å²) in [5.74, 6) is 0.542. The van der Waals surface area contributed by atoms with Crippen molar-refractivity contribution < 1.29 is 5.11 Å². The van der Waals surface area contributed by atoms with Crippen LogP contribution in [-0.2, 0) is 6.54 Å². The molecule has 7 nitrogen and oxygen atoms in total. The van der Waals surface area contributed by atoms with Crippen LogP contribution < -0.4 is 5.32 Å². The van der Waals surface area contributed by atoms with Gasteiger partial charge in [-0.15, -0.1) is 17.7 Å². The molecule has 118 valence electrons. The van der Waals surface area contributed by atoms with Crippen molar-refractivity contribution in [2.45, 2.75) is 11.7 Å². The van der Waals surface area contributed by atoms with E-state index in [9.17, 15) is 5.11 Å². The van der Waals surface area contributed by atoms with Gasteiger partial charge in [0.1, 0.15) is 5.75 Å². The normalized spacial score (nSPS) is 10.7. The molecule has 0 saturated heterocycles. The molecule has 0 bridgehead atoms. The smallest absolute Gasteiger partial charge is 0.212 e. The predicted molar refractivity (Wildman–Crippen MR) is 89.7 cm³/mol. The van der Waals surface area contributed by atoms with Gasteiger partial charge in [0.15, 0.2) is 5.82 Å². The van der Waals surface area contributed by atoms with Crippen LogP contribution in [0.3, 0.4) is 0 Å². The number of nitrogens with zero attached hydrogens (tertiary/aromatic N) is 5. The number of hydrogen-bond donors (Lipinski definition) is 3. The fourth-order valence-corrected chi connectivity index (χ4v) is 2.62. The Kier molecular flexibility index (Phi) is 4.56. The Balaban J connectivity index is 1.73. The van der Waals surface area contributed by atoms with Gasteiger partial charge in [0, 0.05) is 17.1 Å². The van der Waals surface area contributed by atoms with Gasteiger partial charge < -0.3 is 10.4 Å². The molecule has 0 aliphatic rings. The second-order valence-corrected chi connectivity index (χ2v) is 5.79. The highest BCUT2D eigenvalue weighted by Crippen LogP contribution is 2.31. The maximum absolute atomic E-state index is 9.92. The minimum atomic E-state index is 0.00144. The quantitative estimate of drug-likeness (QED) is 0.613. The van der Waals surface area contributed by atoms with Gasteiger partial charge >= 0.3 is 0 Å². The summed E-state index contributed by atoms with van der Waals surface area (Å²) in [6, 6.07) is 6.68. The van der Waals surface area contributed by atoms with E-state index in [1.165, 1.54) is 10.7 Å². The van der Waals surface area contributed by atoms with Crippen LogP contribution in [0.4, 0.5) is 5.69 Å². The fourth-order valence-electron chi connectivity index (χ4n) is 1.90. The van der Waals surface area contributed by atoms with Gasteiger partial charge in [-0.2, -0.15) is 4.68 Å². The Labute approximate surface area is 146 Å². The van der Waals surface area contributed by atoms with Gasteiger partial charge in [0.05, 0.1) is 16.9 Å². The Morgan fingerprint density at radius 3 is 2.74 bits per heavy atom. The van der Waals surface area contributed by atoms with Crippen molar-refractivity contribution >= 4 is 41.5 Å². The number of benzene rings is 1. The summed E-state index contributed by atoms with van der Waals surface area (Å²) >= 11 is 15.9. The highest BCUT2D eigenvalue weighted by molar-refractivity contribution is 7.80. The standard InChI is InChI=1S/C13H10Cl2N6OS/c14-8-3-7(12(22)10(15)4-8)5-16-9-1-2-11(17-6-9)21-13(23)18-19-20-21/h1-4,6,16,22H,5H2,(H,18,20,23). The van der Waals surface area contributed by atoms with Gasteiger partial charge in [-0.05, 0) is 34.7 Å². The molecule has 2 aromatic heterocycles. The summed E-state index contributed by atoms with van der Waals surface area (Å²) in [5.41, 5.74) is 1.34. The van der Waals surface area contributed by atoms with Crippen molar-refractivity contribution in [2.24, 2.45) is 0 Å². The average Bonchev–Trinajstić information content (AvgIpc) is 2.96. The lowest BCUT2D eigenvalue weighted by atomic mass is 10.2. The summed E-state index contributed by atoms with van der Waals surface area (Å²) < 4.78 is 1.40. The third kappa shape index (κ3) is 3.49. The predicted octanol–water partition coefficient (Wildman–Crippen LogP) is 2.97. The fraction of sp³-hybridized carbons (Fsp3) is 0.0769. The van der Waals surface area contributed by atoms with Gasteiger partial charge in [-0.25, -0.2) is 4.98 Å². The number of thiol groups is 1. The topological polar surface area (TPSA) is 88.8 Å². The lowest BCUT2D eigenvalue weighted by molar-refractivity contribution is 0.469. The molecule has 0 unspecified atom stereocenters. The molecule has 3 rings (SSSR count). The molecule has 2 heterocycles. The molecule has 10 heteroatoms. The number of anilines is 1. The third-order valence-electron chi connectivity index (χ3n) is 3.01. The number of phenolic OH excluding ortho intramolecular Hbond substituents is 1. The molecule has 0 radical (unpaired) electrons. The van der Waals surface area contributed by atoms with E-state index in [-0.39, 0.29) is 10.8 Å². The van der Waals surface area contributed by atoms with Crippen LogP contribution in [-0.4, -0.2) is 30.3 Å². The molecule has 0 saturated carbocycles. The molecule has 1 aromatic carbocycles. The Morgan fingerprint density at radius 2 is 2.09 bits per heavy atom. The number of pyridine rings is 1. The lowest BCUT2D eigenvalue weighted by Gasteiger charge is -2.10. The van der Waals surface area contributed by atoms with Crippen LogP contribution in [0.25, 0.3) is 5.82 Å². The molecule has 0 fully saturated rings. The van der Waals surface area contributed by atoms with Crippen LogP contribution in [0, 0.1) is 0 Å². The molecule has 3 aromatic rings. The van der Waals surface area contributed by atoms with Crippen LogP contribution in [0.2, 0.25) is 10.0 Å². The van der Waals surface area contributed by atoms with Crippen molar-refractivity contribution in [3.05, 3.63) is 46.1 Å². The number of aromatic nitrogens is 5. The van der Waals surface area contributed by atoms with Gasteiger partial charge in [-0.1, -0.05) is 23.2 Å². The number of hydrogen-bond acceptors (Lipinski definition) is 7. The van der Waals surface area contributed by atoms with E-state index in [1.807, 2.05) is 0 Å². The van der Waals surface area contributed by atoms with E-state index < -0.39 is 0 Å². The molecule has 0 aliphatic carbocycles. The number of nitrogens with one attached hydrogen (secondary N) is 1. The van der Waals surface area contributed by atoms with Crippen LogP contribution in [0.15, 0.2) is 35.6 Å². The van der Waals surface area contributed by atoms with Gasteiger partial charge in [0.2, 0.25) is 5.16 Å². The van der Waals surface area contributed by atoms with Crippen molar-refractivity contribution in [3.8, 4) is 11.6 Å². The van der Waals surface area contributed by atoms with E-state index >= 15 is 0 Å². The van der Waals surface area contributed by atoms with Crippen molar-refractivity contribution in [3.63, 3.8) is 0 Å². The molecular formula is C13H10Cl2N6OS. The first kappa shape index (κ1) is 15.9. The zero-order valence-corrected chi connectivity index (χ0v) is 13.9. The molecular weight excluding hydrogens is 359 g/mol. The molecule has 0 amide bonds. The highest BCUT2D eigenvalue weighted by atomic mass is 35.5. The lowest BCUT2D eigenvalue weighted by Crippen LogP contribution is -2.03. The Bertz CT molecular complexity index is 839. The number of tetrazole rings is 1. The average molecular weight is 369 g/mol. The first-order chi connectivity index (χ1) is 11.0. The third-order valence-corrected chi connectivity index (χ3v) is 3.79. The van der Waals surface area contributed by atoms with E-state index in [0.717, 1.165) is 5.69 Å². The van der Waals surface area contributed by atoms with Crippen molar-refractivity contribution in [2.75, 3.05) is 5.32 Å². The SMILES string of the molecule is Oc1c(Cl)cc(Cl)cc1CNc1ccc(-n2nnnc2S)nc1. The number of phenols is 1. The second kappa shape index (κ2) is 6.61. The van der Waals surface area contributed by atoms with Crippen LogP contribution in [0.5, 0.6) is 5.75 Å². The summed E-state index contributed by atoms with van der Waals surface area (Å²) in [4.78, 5) is 4.25. The number of aromatic hydroxyl groups is 1. The first-order valence-electron chi connectivity index (χ1n) is 6.39. The van der Waals surface area contributed by atoms with Crippen LogP contribution in [0.1, 0.15) is 5.56 Å². The highest BCUT2D eigenvalue weighted by Gasteiger charge is 2.09. The maximum Gasteiger partial charge on any atom is 0.212 e. The maximum atomic E-state index is 9.92. The molecule has 0 atom stereocenters. The number of rotatable bonds is 4. The van der Waals surface area contributed by atoms with E-state index in [1.54, 1.807) is 24.4 Å². The zero-order valence-electron chi connectivity index (χ0n) is 11.5. The minimum absolute atomic E-state index is 0.00144. The van der Waals surface area contributed by atoms with Crippen molar-refractivity contribution in [1.29, 1.82) is 0 Å². The molecule has 0 spiro atoms. The Hall–Kier alpha value is -2.03. The summed E-state index contributed by atoms with van der Waals surface area (Å²) in [6.45, 7) is 0.343. The zero-order chi connectivity index (χ0) is 16.4. The van der Waals surface area contributed by atoms with Gasteiger partial charge in [-0.3, -0.25) is 0 Å². The van der Waals surface area contributed by atoms with E-state index in [0.29, 0.717) is 28.1 Å². The largest absolute Gasteiger partial charge is 0.506 e. The van der Waals surface area contributed by atoms with E-state index in [2.05, 4.69) is 38.5 Å². The van der Waals surface area contributed by atoms with Crippen LogP contribution >= 0.6 is 35.8 Å².